The molecule has 8 heteroatoms. The Bertz CT molecular complexity index is 803. The van der Waals surface area contributed by atoms with E-state index >= 15 is 0 Å². The van der Waals surface area contributed by atoms with Gasteiger partial charge < -0.3 is 10.2 Å². The highest BCUT2D eigenvalue weighted by molar-refractivity contribution is 7.10. The monoisotopic (exact) mass is 424 g/mol. The predicted molar refractivity (Wildman–Crippen MR) is 105 cm³/mol. The van der Waals surface area contributed by atoms with E-state index in [1.807, 2.05) is 0 Å². The average molecular weight is 424 g/mol. The Hall–Kier alpha value is -2.35. The van der Waals surface area contributed by atoms with Crippen LogP contribution in [0.25, 0.3) is 0 Å². The van der Waals surface area contributed by atoms with Crippen molar-refractivity contribution in [3.05, 3.63) is 58.3 Å². The second-order valence-electron chi connectivity index (χ2n) is 7.18. The Morgan fingerprint density at radius 3 is 2.34 bits per heavy atom. The highest BCUT2D eigenvalue weighted by Crippen LogP contribution is 2.32. The lowest BCUT2D eigenvalue weighted by Crippen LogP contribution is -2.49. The molecule has 2 aromatic rings. The molecule has 1 aromatic carbocycles. The van der Waals surface area contributed by atoms with Crippen LogP contribution in [0.2, 0.25) is 0 Å². The quantitative estimate of drug-likeness (QED) is 0.722. The second kappa shape index (κ2) is 9.43. The fourth-order valence-electron chi connectivity index (χ4n) is 3.62. The van der Waals surface area contributed by atoms with Crippen LogP contribution in [-0.4, -0.2) is 28.9 Å². The number of rotatable bonds is 6. The Kier molecular flexibility index (Phi) is 6.95. The van der Waals surface area contributed by atoms with E-state index in [1.165, 1.54) is 11.3 Å². The largest absolute Gasteiger partial charge is 0.471 e. The maximum atomic E-state index is 13.4. The highest BCUT2D eigenvalue weighted by atomic mass is 32.1. The van der Waals surface area contributed by atoms with Crippen LogP contribution in [0.3, 0.4) is 0 Å². The molecule has 0 spiro atoms. The third kappa shape index (κ3) is 5.59. The summed E-state index contributed by atoms with van der Waals surface area (Å²) in [7, 11) is 0. The Morgan fingerprint density at radius 2 is 1.76 bits per heavy atom. The van der Waals surface area contributed by atoms with E-state index in [-0.39, 0.29) is 12.6 Å². The van der Waals surface area contributed by atoms with E-state index in [1.54, 1.807) is 47.8 Å². The summed E-state index contributed by atoms with van der Waals surface area (Å²) in [5.74, 6) is -2.58. The van der Waals surface area contributed by atoms with Crippen LogP contribution in [0.5, 0.6) is 0 Å². The molecule has 4 nitrogen and oxygen atoms in total. The van der Waals surface area contributed by atoms with E-state index < -0.39 is 24.0 Å². The SMILES string of the molecule is O=C(NC1CCCCC1)[C@H](c1cccs1)N(Cc1ccccc1)C(=O)C(F)(F)F. The molecule has 0 unspecified atom stereocenters. The third-order valence-corrected chi connectivity index (χ3v) is 5.95. The number of carbonyl (C=O) groups excluding carboxylic acids is 2. The first kappa shape index (κ1) is 21.4. The molecule has 0 bridgehead atoms. The molecule has 1 aliphatic rings. The summed E-state index contributed by atoms with van der Waals surface area (Å²) in [6.07, 6.45) is -0.430. The van der Waals surface area contributed by atoms with Gasteiger partial charge in [0.15, 0.2) is 0 Å². The number of amides is 2. The van der Waals surface area contributed by atoms with Gasteiger partial charge in [0.2, 0.25) is 5.91 Å². The summed E-state index contributed by atoms with van der Waals surface area (Å²) in [6, 6.07) is 10.3. The molecule has 1 fully saturated rings. The average Bonchev–Trinajstić information content (AvgIpc) is 3.22. The fourth-order valence-corrected chi connectivity index (χ4v) is 4.46. The van der Waals surface area contributed by atoms with Crippen LogP contribution in [-0.2, 0) is 16.1 Å². The Labute approximate surface area is 171 Å². The summed E-state index contributed by atoms with van der Waals surface area (Å²) in [4.78, 5) is 26.5. The van der Waals surface area contributed by atoms with Gasteiger partial charge in [-0.05, 0) is 29.9 Å². The summed E-state index contributed by atoms with van der Waals surface area (Å²) < 4.78 is 40.2. The first-order valence-corrected chi connectivity index (χ1v) is 10.5. The van der Waals surface area contributed by atoms with Crippen molar-refractivity contribution in [1.29, 1.82) is 0 Å². The van der Waals surface area contributed by atoms with Crippen molar-refractivity contribution >= 4 is 23.2 Å². The van der Waals surface area contributed by atoms with Crippen molar-refractivity contribution in [3.63, 3.8) is 0 Å². The van der Waals surface area contributed by atoms with Crippen molar-refractivity contribution in [1.82, 2.24) is 10.2 Å². The minimum absolute atomic E-state index is 0.0710. The number of hydrogen-bond acceptors (Lipinski definition) is 3. The van der Waals surface area contributed by atoms with Gasteiger partial charge in [-0.3, -0.25) is 9.59 Å². The van der Waals surface area contributed by atoms with Crippen LogP contribution < -0.4 is 5.32 Å². The van der Waals surface area contributed by atoms with Crippen LogP contribution in [0.4, 0.5) is 13.2 Å². The molecule has 2 amide bonds. The number of hydrogen-bond donors (Lipinski definition) is 1. The minimum atomic E-state index is -5.07. The molecule has 1 atom stereocenters. The number of nitrogens with zero attached hydrogens (tertiary/aromatic N) is 1. The van der Waals surface area contributed by atoms with Gasteiger partial charge in [0.1, 0.15) is 6.04 Å². The Balaban J connectivity index is 1.93. The molecule has 3 rings (SSSR count). The number of thiophene rings is 1. The van der Waals surface area contributed by atoms with Crippen molar-refractivity contribution in [2.24, 2.45) is 0 Å². The number of carbonyl (C=O) groups is 2. The van der Waals surface area contributed by atoms with Crippen LogP contribution in [0.15, 0.2) is 47.8 Å². The van der Waals surface area contributed by atoms with E-state index in [2.05, 4.69) is 5.32 Å². The summed E-state index contributed by atoms with van der Waals surface area (Å²) >= 11 is 1.17. The van der Waals surface area contributed by atoms with Gasteiger partial charge in [0.25, 0.3) is 0 Å². The number of alkyl halides is 3. The lowest BCUT2D eigenvalue weighted by atomic mass is 9.95. The van der Waals surface area contributed by atoms with Gasteiger partial charge in [0.05, 0.1) is 0 Å². The van der Waals surface area contributed by atoms with Crippen LogP contribution in [0, 0.1) is 0 Å². The lowest BCUT2D eigenvalue weighted by Gasteiger charge is -2.33. The van der Waals surface area contributed by atoms with E-state index in [9.17, 15) is 22.8 Å². The third-order valence-electron chi connectivity index (χ3n) is 5.02. The highest BCUT2D eigenvalue weighted by Gasteiger charge is 2.47. The Morgan fingerprint density at radius 1 is 1.07 bits per heavy atom. The van der Waals surface area contributed by atoms with Crippen molar-refractivity contribution in [3.8, 4) is 0 Å². The zero-order valence-electron chi connectivity index (χ0n) is 15.8. The zero-order valence-corrected chi connectivity index (χ0v) is 16.6. The molecule has 29 heavy (non-hydrogen) atoms. The molecule has 0 saturated heterocycles. The van der Waals surface area contributed by atoms with Gasteiger partial charge in [-0.25, -0.2) is 0 Å². The van der Waals surface area contributed by atoms with Crippen LogP contribution >= 0.6 is 11.3 Å². The standard InChI is InChI=1S/C21H23F3N2O2S/c22-21(23,24)20(28)26(14-15-8-3-1-4-9-15)18(17-12-7-13-29-17)19(27)25-16-10-5-2-6-11-16/h1,3-4,7-9,12-13,16,18H,2,5-6,10-11,14H2,(H,25,27)/t18-/m0/s1. The van der Waals surface area contributed by atoms with E-state index in [0.29, 0.717) is 15.3 Å². The van der Waals surface area contributed by atoms with E-state index in [4.69, 9.17) is 0 Å². The van der Waals surface area contributed by atoms with Gasteiger partial charge in [0, 0.05) is 17.5 Å². The molecule has 1 aliphatic carbocycles. The molecule has 1 heterocycles. The number of halogens is 3. The molecular formula is C21H23F3N2O2S. The normalized spacial score (nSPS) is 16.2. The summed E-state index contributed by atoms with van der Waals surface area (Å²) in [5.41, 5.74) is 0.525. The van der Waals surface area contributed by atoms with Crippen molar-refractivity contribution in [2.75, 3.05) is 0 Å². The van der Waals surface area contributed by atoms with E-state index in [0.717, 1.165) is 32.1 Å². The summed E-state index contributed by atoms with van der Waals surface area (Å²) in [5, 5.41) is 4.58. The van der Waals surface area contributed by atoms with Gasteiger partial charge >= 0.3 is 12.1 Å². The fraction of sp³-hybridized carbons (Fsp3) is 0.429. The molecule has 1 saturated carbocycles. The van der Waals surface area contributed by atoms with Crippen molar-refractivity contribution < 1.29 is 22.8 Å². The smallest absolute Gasteiger partial charge is 0.351 e. The molecule has 0 aliphatic heterocycles. The predicted octanol–water partition coefficient (Wildman–Crippen LogP) is 4.83. The lowest BCUT2D eigenvalue weighted by molar-refractivity contribution is -0.189. The second-order valence-corrected chi connectivity index (χ2v) is 8.16. The van der Waals surface area contributed by atoms with Crippen molar-refractivity contribution in [2.45, 2.75) is 56.9 Å². The van der Waals surface area contributed by atoms with Gasteiger partial charge in [-0.2, -0.15) is 13.2 Å². The number of benzene rings is 1. The van der Waals surface area contributed by atoms with Gasteiger partial charge in [-0.15, -0.1) is 11.3 Å². The van der Waals surface area contributed by atoms with Gasteiger partial charge in [-0.1, -0.05) is 55.7 Å². The first-order valence-electron chi connectivity index (χ1n) is 9.62. The number of nitrogens with one attached hydrogen (secondary N) is 1. The maximum Gasteiger partial charge on any atom is 0.471 e. The molecule has 1 N–H and O–H groups in total. The molecule has 156 valence electrons. The molecule has 1 aromatic heterocycles. The van der Waals surface area contributed by atoms with Crippen LogP contribution in [0.1, 0.15) is 48.6 Å². The molecular weight excluding hydrogens is 401 g/mol. The summed E-state index contributed by atoms with van der Waals surface area (Å²) in [6.45, 7) is -0.306. The topological polar surface area (TPSA) is 49.4 Å². The zero-order chi connectivity index (χ0) is 20.9. The minimum Gasteiger partial charge on any atom is -0.351 e. The maximum absolute atomic E-state index is 13.4. The molecule has 0 radical (unpaired) electrons. The first-order chi connectivity index (χ1) is 13.9.